The van der Waals surface area contributed by atoms with Gasteiger partial charge in [0, 0.05) is 24.1 Å². The van der Waals surface area contributed by atoms with Crippen LogP contribution in [-0.4, -0.2) is 43.6 Å². The number of hydrogen-bond donors (Lipinski definition) is 0. The number of rotatable bonds is 7. The Morgan fingerprint density at radius 2 is 1.55 bits per heavy atom. The lowest BCUT2D eigenvalue weighted by atomic mass is 9.87. The van der Waals surface area contributed by atoms with Crippen LogP contribution in [0.2, 0.25) is 0 Å². The third-order valence-electron chi connectivity index (χ3n) is 7.29. The predicted octanol–water partition coefficient (Wildman–Crippen LogP) is 5.52. The summed E-state index contributed by atoms with van der Waals surface area (Å²) in [7, 11) is 2.86. The Morgan fingerprint density at radius 1 is 0.905 bits per heavy atom. The van der Waals surface area contributed by atoms with E-state index in [4.69, 9.17) is 14.2 Å². The quantitative estimate of drug-likeness (QED) is 0.219. The molecular weight excluding hydrogens is 533 g/mol. The molecule has 0 radical (unpaired) electrons. The summed E-state index contributed by atoms with van der Waals surface area (Å²) in [5.74, 6) is 5.21. The maximum atomic E-state index is 14.3. The van der Waals surface area contributed by atoms with E-state index in [0.717, 1.165) is 22.3 Å². The Morgan fingerprint density at radius 3 is 2.14 bits per heavy atom. The third kappa shape index (κ3) is 6.13. The first-order valence-electron chi connectivity index (χ1n) is 13.5. The van der Waals surface area contributed by atoms with Crippen molar-refractivity contribution in [1.82, 2.24) is 4.90 Å². The molecule has 0 aliphatic carbocycles. The minimum atomic E-state index is -0.871. The van der Waals surface area contributed by atoms with Crippen LogP contribution in [0.25, 0.3) is 0 Å². The van der Waals surface area contributed by atoms with E-state index in [1.165, 1.54) is 19.2 Å². The van der Waals surface area contributed by atoms with Crippen LogP contribution in [0.5, 0.6) is 11.5 Å². The lowest BCUT2D eigenvalue weighted by Gasteiger charge is -2.38. The zero-order chi connectivity index (χ0) is 29.5. The van der Waals surface area contributed by atoms with Crippen molar-refractivity contribution in [3.63, 3.8) is 0 Å². The molecule has 7 heteroatoms. The summed E-state index contributed by atoms with van der Waals surface area (Å²) in [4.78, 5) is 29.1. The fraction of sp³-hybridized carbons (Fsp3) is 0.200. The molecule has 0 spiro atoms. The molecule has 4 aromatic rings. The van der Waals surface area contributed by atoms with E-state index in [-0.39, 0.29) is 31.3 Å². The molecule has 0 saturated heterocycles. The standard InChI is InChI=1S/C35H30FNO5/c1-40-31-20-17-27-23-37(34(38)32(25-11-5-3-6-12-25)26-13-7-4-8-14-26)30(35(39)41-2)22-29(27)33(31)42-21-9-10-24-15-18-28(36)19-16-24/h3-8,11-20,30,32H,21-23H2,1-2H3/t30-/m0/s1. The summed E-state index contributed by atoms with van der Waals surface area (Å²) in [6.07, 6.45) is 0.183. The van der Waals surface area contributed by atoms with E-state index in [0.29, 0.717) is 17.1 Å². The number of carbonyl (C=O) groups is 2. The molecule has 1 aliphatic rings. The second kappa shape index (κ2) is 13.0. The van der Waals surface area contributed by atoms with Crippen LogP contribution in [0.4, 0.5) is 4.39 Å². The molecule has 4 aromatic carbocycles. The van der Waals surface area contributed by atoms with E-state index in [9.17, 15) is 14.0 Å². The van der Waals surface area contributed by atoms with Gasteiger partial charge in [0.25, 0.3) is 0 Å². The van der Waals surface area contributed by atoms with Gasteiger partial charge in [0.15, 0.2) is 11.5 Å². The lowest BCUT2D eigenvalue weighted by molar-refractivity contribution is -0.154. The van der Waals surface area contributed by atoms with Gasteiger partial charge in [-0.2, -0.15) is 0 Å². The zero-order valence-corrected chi connectivity index (χ0v) is 23.4. The van der Waals surface area contributed by atoms with Crippen LogP contribution in [0.3, 0.4) is 0 Å². The number of carbonyl (C=O) groups excluding carboxylic acids is 2. The van der Waals surface area contributed by atoms with Gasteiger partial charge in [-0.15, -0.1) is 0 Å². The van der Waals surface area contributed by atoms with Crippen molar-refractivity contribution in [2.24, 2.45) is 0 Å². The summed E-state index contributed by atoms with van der Waals surface area (Å²) < 4.78 is 30.0. The second-order valence-corrected chi connectivity index (χ2v) is 9.80. The molecule has 0 bridgehead atoms. The van der Waals surface area contributed by atoms with Crippen LogP contribution in [0.15, 0.2) is 97.1 Å². The van der Waals surface area contributed by atoms with Crippen molar-refractivity contribution in [2.75, 3.05) is 20.8 Å². The average molecular weight is 564 g/mol. The highest BCUT2D eigenvalue weighted by atomic mass is 19.1. The van der Waals surface area contributed by atoms with Gasteiger partial charge in [-0.3, -0.25) is 4.79 Å². The molecule has 42 heavy (non-hydrogen) atoms. The van der Waals surface area contributed by atoms with E-state index in [1.807, 2.05) is 66.7 Å². The molecule has 1 heterocycles. The first kappa shape index (κ1) is 28.4. The topological polar surface area (TPSA) is 65.1 Å². The van der Waals surface area contributed by atoms with Gasteiger partial charge in [0.05, 0.1) is 20.1 Å². The SMILES string of the molecule is COC(=O)[C@@H]1Cc2c(ccc(OC)c2OCC#Cc2ccc(F)cc2)CN1C(=O)C(c1ccccc1)c1ccccc1. The smallest absolute Gasteiger partial charge is 0.328 e. The number of hydrogen-bond acceptors (Lipinski definition) is 5. The Labute approximate surface area is 244 Å². The molecule has 1 aliphatic heterocycles. The molecular formula is C35H30FNO5. The van der Waals surface area contributed by atoms with Gasteiger partial charge in [0.1, 0.15) is 18.5 Å². The molecule has 1 amide bonds. The van der Waals surface area contributed by atoms with Crippen molar-refractivity contribution < 1.29 is 28.2 Å². The second-order valence-electron chi connectivity index (χ2n) is 9.80. The number of halogens is 1. The van der Waals surface area contributed by atoms with Crippen molar-refractivity contribution in [3.05, 3.63) is 131 Å². The van der Waals surface area contributed by atoms with Crippen LogP contribution in [0, 0.1) is 17.7 Å². The highest BCUT2D eigenvalue weighted by Gasteiger charge is 2.40. The fourth-order valence-corrected chi connectivity index (χ4v) is 5.23. The van der Waals surface area contributed by atoms with Gasteiger partial charge in [0.2, 0.25) is 5.91 Å². The summed E-state index contributed by atoms with van der Waals surface area (Å²) in [5, 5.41) is 0. The number of esters is 1. The molecule has 0 fully saturated rings. The predicted molar refractivity (Wildman–Crippen MR) is 157 cm³/mol. The molecule has 0 N–H and O–H groups in total. The maximum Gasteiger partial charge on any atom is 0.328 e. The van der Waals surface area contributed by atoms with Crippen LogP contribution in [0.1, 0.15) is 33.7 Å². The summed E-state index contributed by atoms with van der Waals surface area (Å²) >= 11 is 0. The molecule has 6 nitrogen and oxygen atoms in total. The number of amides is 1. The van der Waals surface area contributed by atoms with Crippen molar-refractivity contribution >= 4 is 11.9 Å². The highest BCUT2D eigenvalue weighted by Crippen LogP contribution is 2.40. The Balaban J connectivity index is 1.48. The first-order valence-corrected chi connectivity index (χ1v) is 13.5. The normalized spacial score (nSPS) is 13.9. The minimum absolute atomic E-state index is 0.0415. The number of methoxy groups -OCH3 is 2. The monoisotopic (exact) mass is 563 g/mol. The Bertz CT molecular complexity index is 1570. The highest BCUT2D eigenvalue weighted by molar-refractivity contribution is 5.92. The van der Waals surface area contributed by atoms with Gasteiger partial charge >= 0.3 is 5.97 Å². The Kier molecular flexibility index (Phi) is 8.84. The molecule has 1 atom stereocenters. The van der Waals surface area contributed by atoms with Crippen LogP contribution >= 0.6 is 0 Å². The average Bonchev–Trinajstić information content (AvgIpc) is 3.04. The fourth-order valence-electron chi connectivity index (χ4n) is 5.23. The number of benzene rings is 4. The van der Waals surface area contributed by atoms with E-state index >= 15 is 0 Å². The van der Waals surface area contributed by atoms with Crippen LogP contribution in [-0.2, 0) is 27.3 Å². The zero-order valence-electron chi connectivity index (χ0n) is 23.4. The molecule has 212 valence electrons. The number of fused-ring (bicyclic) bond motifs is 1. The van der Waals surface area contributed by atoms with Gasteiger partial charge in [-0.25, -0.2) is 9.18 Å². The number of nitrogens with zero attached hydrogens (tertiary/aromatic N) is 1. The largest absolute Gasteiger partial charge is 0.493 e. The minimum Gasteiger partial charge on any atom is -0.493 e. The maximum absolute atomic E-state index is 14.3. The van der Waals surface area contributed by atoms with Gasteiger partial charge in [-0.1, -0.05) is 78.6 Å². The number of ether oxygens (including phenoxy) is 3. The van der Waals surface area contributed by atoms with Gasteiger partial charge < -0.3 is 19.1 Å². The van der Waals surface area contributed by atoms with E-state index < -0.39 is 17.9 Å². The molecule has 0 saturated carbocycles. The molecule has 0 aromatic heterocycles. The van der Waals surface area contributed by atoms with Crippen molar-refractivity contribution in [2.45, 2.75) is 24.9 Å². The third-order valence-corrected chi connectivity index (χ3v) is 7.29. The van der Waals surface area contributed by atoms with Crippen molar-refractivity contribution in [3.8, 4) is 23.3 Å². The van der Waals surface area contributed by atoms with Crippen molar-refractivity contribution in [1.29, 1.82) is 0 Å². The molecule has 5 rings (SSSR count). The summed E-state index contributed by atoms with van der Waals surface area (Å²) in [6, 6.07) is 27.8. The molecule has 0 unspecified atom stereocenters. The summed E-state index contributed by atoms with van der Waals surface area (Å²) in [5.41, 5.74) is 3.93. The van der Waals surface area contributed by atoms with E-state index in [2.05, 4.69) is 11.8 Å². The van der Waals surface area contributed by atoms with Crippen LogP contribution < -0.4 is 9.47 Å². The van der Waals surface area contributed by atoms with Gasteiger partial charge in [-0.05, 0) is 47.0 Å². The first-order chi connectivity index (χ1) is 20.5. The summed E-state index contributed by atoms with van der Waals surface area (Å²) in [6.45, 7) is 0.228. The van der Waals surface area contributed by atoms with E-state index in [1.54, 1.807) is 30.2 Å². The lowest BCUT2D eigenvalue weighted by Crippen LogP contribution is -2.50. The Hall–Kier alpha value is -5.09.